The van der Waals surface area contributed by atoms with Gasteiger partial charge in [-0.2, -0.15) is 5.26 Å². The lowest BCUT2D eigenvalue weighted by Gasteiger charge is -2.35. The largest absolute Gasteiger partial charge is 0.444 e. The van der Waals surface area contributed by atoms with Crippen molar-refractivity contribution in [3.8, 4) is 6.19 Å². The van der Waals surface area contributed by atoms with Crippen LogP contribution in [0.4, 0.5) is 10.5 Å². The monoisotopic (exact) mass is 435 g/mol. The first-order valence-electron chi connectivity index (χ1n) is 9.52. The molecule has 1 N–H and O–H groups in total. The summed E-state index contributed by atoms with van der Waals surface area (Å²) in [6, 6.07) is 7.95. The van der Waals surface area contributed by atoms with Crippen LogP contribution in [0, 0.1) is 11.5 Å². The number of amides is 1. The summed E-state index contributed by atoms with van der Waals surface area (Å²) in [4.78, 5) is 21.9. The summed E-state index contributed by atoms with van der Waals surface area (Å²) in [5, 5.41) is 12.0. The number of para-hydroxylation sites is 1. The molecule has 0 spiro atoms. The minimum absolute atomic E-state index is 0.228. The minimum Gasteiger partial charge on any atom is -0.444 e. The Morgan fingerprint density at radius 2 is 1.97 bits per heavy atom. The Morgan fingerprint density at radius 1 is 1.28 bits per heavy atom. The van der Waals surface area contributed by atoms with Crippen molar-refractivity contribution in [2.75, 3.05) is 44.7 Å². The fourth-order valence-corrected chi connectivity index (χ4v) is 4.06. The van der Waals surface area contributed by atoms with E-state index in [1.165, 1.54) is 11.8 Å². The number of piperazine rings is 1. The number of rotatable bonds is 5. The summed E-state index contributed by atoms with van der Waals surface area (Å²) < 4.78 is 5.45. The number of amidine groups is 1. The number of benzene rings is 1. The van der Waals surface area contributed by atoms with E-state index >= 15 is 0 Å². The second-order valence-electron chi connectivity index (χ2n) is 7.48. The van der Waals surface area contributed by atoms with Crippen molar-refractivity contribution in [2.24, 2.45) is 4.99 Å². The van der Waals surface area contributed by atoms with Gasteiger partial charge < -0.3 is 9.64 Å². The summed E-state index contributed by atoms with van der Waals surface area (Å²) >= 11 is 3.16. The van der Waals surface area contributed by atoms with E-state index in [0.717, 1.165) is 36.0 Å². The molecule has 2 rings (SSSR count). The quantitative estimate of drug-likeness (QED) is 0.248. The van der Waals surface area contributed by atoms with Gasteiger partial charge in [0, 0.05) is 43.4 Å². The molecule has 1 fully saturated rings. The van der Waals surface area contributed by atoms with Gasteiger partial charge in [0.2, 0.25) is 0 Å². The molecule has 1 saturated heterocycles. The van der Waals surface area contributed by atoms with Gasteiger partial charge in [0.15, 0.2) is 11.4 Å². The lowest BCUT2D eigenvalue weighted by atomic mass is 10.2. The van der Waals surface area contributed by atoms with Crippen molar-refractivity contribution in [2.45, 2.75) is 31.3 Å². The van der Waals surface area contributed by atoms with Crippen LogP contribution < -0.4 is 5.32 Å². The molecule has 1 aromatic carbocycles. The fourth-order valence-electron chi connectivity index (χ4n) is 2.72. The number of nitrogens with one attached hydrogen (secondary N) is 1. The van der Waals surface area contributed by atoms with Crippen LogP contribution >= 0.6 is 23.5 Å². The number of hydrogen-bond acceptors (Lipinski definition) is 7. The number of carbonyl (C=O) groups excluding carboxylic acids is 1. The van der Waals surface area contributed by atoms with Gasteiger partial charge in [0.05, 0.1) is 5.69 Å². The zero-order chi connectivity index (χ0) is 21.3. The summed E-state index contributed by atoms with van der Waals surface area (Å²) in [6.45, 7) is 9.69. The summed E-state index contributed by atoms with van der Waals surface area (Å²) in [7, 11) is 0. The van der Waals surface area contributed by atoms with Crippen molar-refractivity contribution >= 4 is 40.5 Å². The zero-order valence-corrected chi connectivity index (χ0v) is 19.1. The lowest BCUT2D eigenvalue weighted by molar-refractivity contribution is 0.0150. The van der Waals surface area contributed by atoms with Gasteiger partial charge in [-0.3, -0.25) is 10.2 Å². The molecule has 29 heavy (non-hydrogen) atoms. The molecule has 0 saturated carbocycles. The molecule has 0 aliphatic carbocycles. The van der Waals surface area contributed by atoms with E-state index in [0.29, 0.717) is 18.3 Å². The number of ether oxygens (including phenoxy) is 1. The standard InChI is InChI=1S/C20H29N5O2S2/c1-20(2,3)27-19(26)25-11-9-24(10-12-25)13-14-29-17-8-6-5-7-16(17)23-18(28-4)22-15-21/h5-8H,9-14H2,1-4H3,(H,22,23). The molecule has 0 unspecified atom stereocenters. The van der Waals surface area contributed by atoms with Crippen LogP contribution in [0.25, 0.3) is 0 Å². The third kappa shape index (κ3) is 8.17. The molecule has 0 aromatic heterocycles. The van der Waals surface area contributed by atoms with Crippen LogP contribution in [0.3, 0.4) is 0 Å². The topological polar surface area (TPSA) is 81.0 Å². The molecule has 158 valence electrons. The SMILES string of the molecule is CSC(=Nc1ccccc1SCCN1CCN(C(=O)OC(C)(C)C)CC1)NC#N. The third-order valence-corrected chi connectivity index (χ3v) is 5.76. The molecule has 7 nitrogen and oxygen atoms in total. The van der Waals surface area contributed by atoms with Crippen LogP contribution in [0.15, 0.2) is 34.2 Å². The fraction of sp³-hybridized carbons (Fsp3) is 0.550. The van der Waals surface area contributed by atoms with Gasteiger partial charge in [0.25, 0.3) is 0 Å². The first-order chi connectivity index (χ1) is 13.8. The summed E-state index contributed by atoms with van der Waals surface area (Å²) in [6.07, 6.45) is 3.57. The minimum atomic E-state index is -0.459. The van der Waals surface area contributed by atoms with Crippen LogP contribution in [0.5, 0.6) is 0 Å². The maximum Gasteiger partial charge on any atom is 0.410 e. The number of aliphatic imine (C=N–C) groups is 1. The number of hydrogen-bond donors (Lipinski definition) is 1. The van der Waals surface area contributed by atoms with Crippen LogP contribution in [-0.2, 0) is 4.74 Å². The molecule has 1 aromatic rings. The Kier molecular flexibility index (Phi) is 9.14. The Labute approximate surface area is 181 Å². The van der Waals surface area contributed by atoms with Crippen molar-refractivity contribution in [3.63, 3.8) is 0 Å². The highest BCUT2D eigenvalue weighted by atomic mass is 32.2. The predicted molar refractivity (Wildman–Crippen MR) is 121 cm³/mol. The van der Waals surface area contributed by atoms with Crippen molar-refractivity contribution in [3.05, 3.63) is 24.3 Å². The highest BCUT2D eigenvalue weighted by Gasteiger charge is 2.25. The number of nitriles is 1. The van der Waals surface area contributed by atoms with Gasteiger partial charge in [-0.05, 0) is 39.2 Å². The van der Waals surface area contributed by atoms with Crippen molar-refractivity contribution < 1.29 is 9.53 Å². The molecule has 0 bridgehead atoms. The zero-order valence-electron chi connectivity index (χ0n) is 17.5. The molecule has 0 radical (unpaired) electrons. The highest BCUT2D eigenvalue weighted by molar-refractivity contribution is 8.13. The second-order valence-corrected chi connectivity index (χ2v) is 9.41. The maximum atomic E-state index is 12.2. The smallest absolute Gasteiger partial charge is 0.410 e. The molecule has 1 amide bonds. The van der Waals surface area contributed by atoms with E-state index in [9.17, 15) is 4.79 Å². The third-order valence-electron chi connectivity index (χ3n) is 4.13. The number of nitrogens with zero attached hydrogens (tertiary/aromatic N) is 4. The van der Waals surface area contributed by atoms with E-state index in [-0.39, 0.29) is 6.09 Å². The number of thioether (sulfide) groups is 2. The molecular weight excluding hydrogens is 406 g/mol. The van der Waals surface area contributed by atoms with E-state index < -0.39 is 5.60 Å². The molecule has 1 aliphatic rings. The Hall–Kier alpha value is -1.89. The van der Waals surface area contributed by atoms with E-state index in [1.807, 2.05) is 57.5 Å². The average molecular weight is 436 g/mol. The summed E-state index contributed by atoms with van der Waals surface area (Å²) in [5.74, 6) is 0.930. The van der Waals surface area contributed by atoms with Crippen LogP contribution in [-0.4, -0.2) is 71.4 Å². The van der Waals surface area contributed by atoms with Crippen LogP contribution in [0.1, 0.15) is 20.8 Å². The van der Waals surface area contributed by atoms with E-state index in [1.54, 1.807) is 16.7 Å². The van der Waals surface area contributed by atoms with Gasteiger partial charge in [-0.15, -0.1) is 11.8 Å². The number of carbonyl (C=O) groups is 1. The van der Waals surface area contributed by atoms with Gasteiger partial charge in [0.1, 0.15) is 5.60 Å². The van der Waals surface area contributed by atoms with Crippen molar-refractivity contribution in [1.82, 2.24) is 15.1 Å². The molecule has 1 heterocycles. The van der Waals surface area contributed by atoms with Gasteiger partial charge >= 0.3 is 6.09 Å². The first kappa shape index (κ1) is 23.4. The van der Waals surface area contributed by atoms with E-state index in [2.05, 4.69) is 15.2 Å². The van der Waals surface area contributed by atoms with Crippen molar-refractivity contribution in [1.29, 1.82) is 5.26 Å². The van der Waals surface area contributed by atoms with E-state index in [4.69, 9.17) is 10.00 Å². The molecule has 9 heteroatoms. The van der Waals surface area contributed by atoms with Gasteiger partial charge in [-0.1, -0.05) is 23.9 Å². The predicted octanol–water partition coefficient (Wildman–Crippen LogP) is 3.75. The first-order valence-corrected chi connectivity index (χ1v) is 11.7. The lowest BCUT2D eigenvalue weighted by Crippen LogP contribution is -2.50. The Bertz CT molecular complexity index is 750. The van der Waals surface area contributed by atoms with Crippen LogP contribution in [0.2, 0.25) is 0 Å². The molecule has 0 atom stereocenters. The normalized spacial score (nSPS) is 15.7. The Balaban J connectivity index is 1.82. The average Bonchev–Trinajstić information content (AvgIpc) is 2.68. The Morgan fingerprint density at radius 3 is 2.59 bits per heavy atom. The second kappa shape index (κ2) is 11.3. The van der Waals surface area contributed by atoms with Gasteiger partial charge in [-0.25, -0.2) is 9.79 Å². The summed E-state index contributed by atoms with van der Waals surface area (Å²) in [5.41, 5.74) is 0.402. The maximum absolute atomic E-state index is 12.2. The highest BCUT2D eigenvalue weighted by Crippen LogP contribution is 2.30. The molecular formula is C20H29N5O2S2. The molecule has 1 aliphatic heterocycles.